The molecule has 1 aliphatic rings. The van der Waals surface area contributed by atoms with E-state index in [1.54, 1.807) is 0 Å². The number of carbonyl (C=O) groups excluding carboxylic acids is 1. The van der Waals surface area contributed by atoms with E-state index in [-0.39, 0.29) is 11.7 Å². The van der Waals surface area contributed by atoms with Crippen molar-refractivity contribution in [3.63, 3.8) is 0 Å². The normalized spacial score (nSPS) is 14.6. The molecule has 1 aromatic rings. The molecule has 3 nitrogen and oxygen atoms in total. The highest BCUT2D eigenvalue weighted by Crippen LogP contribution is 2.24. The predicted molar refractivity (Wildman–Crippen MR) is 56.2 cm³/mol. The van der Waals surface area contributed by atoms with Crippen molar-refractivity contribution in [3.8, 4) is 0 Å². The van der Waals surface area contributed by atoms with Crippen molar-refractivity contribution in [2.75, 3.05) is 5.32 Å². The summed E-state index contributed by atoms with van der Waals surface area (Å²) in [6.07, 6.45) is 1.76. The lowest BCUT2D eigenvalue weighted by molar-refractivity contribution is 0.251. The van der Waals surface area contributed by atoms with Gasteiger partial charge < -0.3 is 10.6 Å². The number of hydrogen-bond acceptors (Lipinski definition) is 1. The lowest BCUT2D eigenvalue weighted by atomic mass is 10.2. The Hall–Kier alpha value is -1.72. The summed E-state index contributed by atoms with van der Waals surface area (Å²) in [5.74, 6) is -3.39. The van der Waals surface area contributed by atoms with Crippen LogP contribution in [0.15, 0.2) is 6.07 Å². The van der Waals surface area contributed by atoms with Crippen LogP contribution < -0.4 is 10.6 Å². The van der Waals surface area contributed by atoms with Gasteiger partial charge in [-0.3, -0.25) is 0 Å². The average molecular weight is 244 g/mol. The van der Waals surface area contributed by atoms with Gasteiger partial charge in [0.1, 0.15) is 0 Å². The number of anilines is 1. The van der Waals surface area contributed by atoms with Gasteiger partial charge in [0.05, 0.1) is 5.69 Å². The minimum Gasteiger partial charge on any atom is -0.335 e. The second kappa shape index (κ2) is 4.27. The van der Waals surface area contributed by atoms with E-state index < -0.39 is 29.0 Å². The zero-order chi connectivity index (χ0) is 12.6. The fourth-order valence-corrected chi connectivity index (χ4v) is 1.39. The van der Waals surface area contributed by atoms with Crippen LogP contribution in [0.3, 0.4) is 0 Å². The maximum Gasteiger partial charge on any atom is 0.319 e. The molecule has 2 amide bonds. The standard InChI is InChI=1S/C11H11F3N2O/c1-5-9(13)7(12)4-8(10(5)14)16-11(17)15-6-2-3-6/h4,6H,2-3H2,1H3,(H2,15,16,17). The Bertz CT molecular complexity index is 472. The molecular formula is C11H11F3N2O. The third-order valence-electron chi connectivity index (χ3n) is 2.54. The van der Waals surface area contributed by atoms with Crippen LogP contribution in [-0.2, 0) is 0 Å². The zero-order valence-corrected chi connectivity index (χ0v) is 9.11. The lowest BCUT2D eigenvalue weighted by Crippen LogP contribution is -2.30. The highest BCUT2D eigenvalue weighted by Gasteiger charge is 2.24. The second-order valence-corrected chi connectivity index (χ2v) is 4.03. The lowest BCUT2D eigenvalue weighted by Gasteiger charge is -2.10. The monoisotopic (exact) mass is 244 g/mol. The zero-order valence-electron chi connectivity index (χ0n) is 9.11. The van der Waals surface area contributed by atoms with Crippen LogP contribution >= 0.6 is 0 Å². The van der Waals surface area contributed by atoms with E-state index in [4.69, 9.17) is 0 Å². The Kier molecular flexibility index (Phi) is 2.95. The first-order chi connectivity index (χ1) is 7.99. The van der Waals surface area contributed by atoms with Crippen molar-refractivity contribution in [2.45, 2.75) is 25.8 Å². The van der Waals surface area contributed by atoms with Gasteiger partial charge in [0.25, 0.3) is 0 Å². The van der Waals surface area contributed by atoms with Crippen LogP contribution in [0.25, 0.3) is 0 Å². The van der Waals surface area contributed by atoms with Gasteiger partial charge in [-0.1, -0.05) is 0 Å². The first-order valence-electron chi connectivity index (χ1n) is 5.20. The van der Waals surface area contributed by atoms with Crippen LogP contribution in [0.2, 0.25) is 0 Å². The number of halogens is 3. The Balaban J connectivity index is 2.17. The molecule has 1 saturated carbocycles. The molecule has 0 aliphatic heterocycles. The molecule has 1 aliphatic carbocycles. The topological polar surface area (TPSA) is 41.1 Å². The Morgan fingerprint density at radius 1 is 1.29 bits per heavy atom. The molecule has 92 valence electrons. The van der Waals surface area contributed by atoms with Crippen LogP contribution in [0.1, 0.15) is 18.4 Å². The van der Waals surface area contributed by atoms with E-state index >= 15 is 0 Å². The minimum atomic E-state index is -1.24. The summed E-state index contributed by atoms with van der Waals surface area (Å²) >= 11 is 0. The molecule has 1 aromatic carbocycles. The van der Waals surface area contributed by atoms with Crippen LogP contribution in [-0.4, -0.2) is 12.1 Å². The molecular weight excluding hydrogens is 233 g/mol. The fraction of sp³-hybridized carbons (Fsp3) is 0.364. The first-order valence-corrected chi connectivity index (χ1v) is 5.20. The number of urea groups is 1. The van der Waals surface area contributed by atoms with Gasteiger partial charge in [0, 0.05) is 17.7 Å². The first kappa shape index (κ1) is 11.8. The number of nitrogens with one attached hydrogen (secondary N) is 2. The number of hydrogen-bond donors (Lipinski definition) is 2. The van der Waals surface area contributed by atoms with Crippen LogP contribution in [0, 0.1) is 24.4 Å². The van der Waals surface area contributed by atoms with Gasteiger partial charge >= 0.3 is 6.03 Å². The van der Waals surface area contributed by atoms with Crippen molar-refractivity contribution in [1.29, 1.82) is 0 Å². The van der Waals surface area contributed by atoms with Crippen LogP contribution in [0.4, 0.5) is 23.7 Å². The molecule has 0 heterocycles. The van der Waals surface area contributed by atoms with Gasteiger partial charge in [-0.15, -0.1) is 0 Å². The third-order valence-corrected chi connectivity index (χ3v) is 2.54. The number of benzene rings is 1. The highest BCUT2D eigenvalue weighted by atomic mass is 19.2. The molecule has 0 atom stereocenters. The molecule has 0 saturated heterocycles. The quantitative estimate of drug-likeness (QED) is 0.771. The number of amides is 2. The van der Waals surface area contributed by atoms with E-state index in [1.807, 2.05) is 0 Å². The smallest absolute Gasteiger partial charge is 0.319 e. The van der Waals surface area contributed by atoms with E-state index in [9.17, 15) is 18.0 Å². The summed E-state index contributed by atoms with van der Waals surface area (Å²) in [7, 11) is 0. The molecule has 0 aromatic heterocycles. The van der Waals surface area contributed by atoms with Crippen molar-refractivity contribution >= 4 is 11.7 Å². The predicted octanol–water partition coefficient (Wildman–Crippen LogP) is 2.70. The highest BCUT2D eigenvalue weighted by molar-refractivity contribution is 5.89. The van der Waals surface area contributed by atoms with Crippen molar-refractivity contribution in [3.05, 3.63) is 29.1 Å². The molecule has 2 N–H and O–H groups in total. The maximum absolute atomic E-state index is 13.5. The largest absolute Gasteiger partial charge is 0.335 e. The van der Waals surface area contributed by atoms with Gasteiger partial charge in [0.2, 0.25) is 0 Å². The summed E-state index contributed by atoms with van der Waals surface area (Å²) < 4.78 is 39.5. The fourth-order valence-electron chi connectivity index (χ4n) is 1.39. The van der Waals surface area contributed by atoms with Gasteiger partial charge in [-0.2, -0.15) is 0 Å². The number of carbonyl (C=O) groups is 1. The summed E-state index contributed by atoms with van der Waals surface area (Å²) in [5, 5.41) is 4.71. The summed E-state index contributed by atoms with van der Waals surface area (Å²) in [6, 6.07) is 0.116. The van der Waals surface area contributed by atoms with Crippen molar-refractivity contribution < 1.29 is 18.0 Å². The Labute approximate surface area is 96.0 Å². The molecule has 0 spiro atoms. The van der Waals surface area contributed by atoms with E-state index in [1.165, 1.54) is 0 Å². The summed E-state index contributed by atoms with van der Waals surface area (Å²) in [4.78, 5) is 11.3. The van der Waals surface area contributed by atoms with Crippen molar-refractivity contribution in [1.82, 2.24) is 5.32 Å². The molecule has 0 bridgehead atoms. The van der Waals surface area contributed by atoms with Gasteiger partial charge in [0.15, 0.2) is 17.5 Å². The second-order valence-electron chi connectivity index (χ2n) is 4.03. The maximum atomic E-state index is 13.5. The average Bonchev–Trinajstić information content (AvgIpc) is 3.06. The molecule has 17 heavy (non-hydrogen) atoms. The van der Waals surface area contributed by atoms with E-state index in [0.717, 1.165) is 19.8 Å². The number of rotatable bonds is 2. The van der Waals surface area contributed by atoms with E-state index in [0.29, 0.717) is 6.07 Å². The summed E-state index contributed by atoms with van der Waals surface area (Å²) in [5.41, 5.74) is -0.814. The molecule has 0 radical (unpaired) electrons. The minimum absolute atomic E-state index is 0.101. The summed E-state index contributed by atoms with van der Waals surface area (Å²) in [6.45, 7) is 1.11. The molecule has 0 unspecified atom stereocenters. The van der Waals surface area contributed by atoms with Gasteiger partial charge in [-0.25, -0.2) is 18.0 Å². The van der Waals surface area contributed by atoms with Crippen LogP contribution in [0.5, 0.6) is 0 Å². The third kappa shape index (κ3) is 2.51. The Morgan fingerprint density at radius 2 is 1.94 bits per heavy atom. The van der Waals surface area contributed by atoms with Gasteiger partial charge in [-0.05, 0) is 19.8 Å². The SMILES string of the molecule is Cc1c(F)c(F)cc(NC(=O)NC2CC2)c1F. The molecule has 2 rings (SSSR count). The van der Waals surface area contributed by atoms with Crippen molar-refractivity contribution in [2.24, 2.45) is 0 Å². The Morgan fingerprint density at radius 3 is 2.53 bits per heavy atom. The molecule has 6 heteroatoms. The molecule has 1 fully saturated rings. The van der Waals surface area contributed by atoms with E-state index in [2.05, 4.69) is 10.6 Å².